The molecule has 0 fully saturated rings. The summed E-state index contributed by atoms with van der Waals surface area (Å²) >= 11 is 0. The predicted molar refractivity (Wildman–Crippen MR) is 140 cm³/mol. The van der Waals surface area contributed by atoms with Crippen molar-refractivity contribution in [3.63, 3.8) is 0 Å². The summed E-state index contributed by atoms with van der Waals surface area (Å²) < 4.78 is 5.27. The zero-order chi connectivity index (χ0) is 24.5. The van der Waals surface area contributed by atoms with Crippen molar-refractivity contribution in [1.29, 1.82) is 0 Å². The molecule has 0 spiro atoms. The number of nitrogens with zero attached hydrogens (tertiary/aromatic N) is 3. The van der Waals surface area contributed by atoms with Gasteiger partial charge in [-0.2, -0.15) is 5.10 Å². The van der Waals surface area contributed by atoms with Crippen LogP contribution in [0.1, 0.15) is 26.2 Å². The number of nitrogens with one attached hydrogen (secondary N) is 3. The van der Waals surface area contributed by atoms with Gasteiger partial charge in [0, 0.05) is 46.3 Å². The van der Waals surface area contributed by atoms with E-state index in [1.54, 1.807) is 24.9 Å². The van der Waals surface area contributed by atoms with Gasteiger partial charge < -0.3 is 14.7 Å². The van der Waals surface area contributed by atoms with Crippen molar-refractivity contribution >= 4 is 33.4 Å². The Morgan fingerprint density at radius 1 is 0.944 bits per heavy atom. The first kappa shape index (κ1) is 21.8. The van der Waals surface area contributed by atoms with Gasteiger partial charge in [0.15, 0.2) is 0 Å². The monoisotopic (exact) mass is 476 g/mol. The number of H-pyrrole nitrogens is 2. The Kier molecular flexibility index (Phi) is 5.53. The van der Waals surface area contributed by atoms with Gasteiger partial charge in [0.25, 0.3) is 0 Å². The molecule has 1 aromatic carbocycles. The van der Waals surface area contributed by atoms with Crippen LogP contribution in [0.3, 0.4) is 0 Å². The standard InChI is InChI=1S/C28H24N6O2/c1-2-3-4-27(35)31-20-9-19(12-29-13-20)17-5-6-24-22(10-17)28(34-33-24)25-11-21-23(18-7-8-36-16-18)14-30-15-26(21)32-25/h5-16,32H,2-4H2,1H3,(H,31,35)(H,33,34). The third-order valence-electron chi connectivity index (χ3n) is 6.31. The number of fused-ring (bicyclic) bond motifs is 2. The number of hydrogen-bond acceptors (Lipinski definition) is 5. The number of hydrogen-bond donors (Lipinski definition) is 3. The van der Waals surface area contributed by atoms with Gasteiger partial charge in [-0.15, -0.1) is 0 Å². The highest BCUT2D eigenvalue weighted by molar-refractivity contribution is 6.01. The molecule has 0 radical (unpaired) electrons. The SMILES string of the molecule is CCCCC(=O)Nc1cncc(-c2ccc3[nH]nc(-c4cc5c(-c6ccoc6)cncc5[nH]4)c3c2)c1. The zero-order valence-electron chi connectivity index (χ0n) is 19.7. The highest BCUT2D eigenvalue weighted by atomic mass is 16.3. The highest BCUT2D eigenvalue weighted by Crippen LogP contribution is 2.35. The number of carbonyl (C=O) groups is 1. The van der Waals surface area contributed by atoms with Crippen LogP contribution in [0.5, 0.6) is 0 Å². The lowest BCUT2D eigenvalue weighted by atomic mass is 10.0. The molecule has 5 heterocycles. The van der Waals surface area contributed by atoms with Crippen molar-refractivity contribution in [2.24, 2.45) is 0 Å². The highest BCUT2D eigenvalue weighted by Gasteiger charge is 2.15. The van der Waals surface area contributed by atoms with E-state index in [1.165, 1.54) is 0 Å². The van der Waals surface area contributed by atoms with E-state index >= 15 is 0 Å². The van der Waals surface area contributed by atoms with Gasteiger partial charge in [-0.3, -0.25) is 19.9 Å². The number of furan rings is 1. The van der Waals surface area contributed by atoms with Crippen molar-refractivity contribution in [1.82, 2.24) is 25.1 Å². The maximum atomic E-state index is 12.2. The molecule has 0 aliphatic rings. The second kappa shape index (κ2) is 9.14. The summed E-state index contributed by atoms with van der Waals surface area (Å²) in [6.45, 7) is 2.07. The number of unbranched alkanes of at least 4 members (excludes halogenated alkanes) is 1. The predicted octanol–water partition coefficient (Wildman–Crippen LogP) is 6.56. The first-order valence-corrected chi connectivity index (χ1v) is 11.9. The van der Waals surface area contributed by atoms with E-state index in [-0.39, 0.29) is 5.91 Å². The van der Waals surface area contributed by atoms with E-state index in [0.717, 1.165) is 68.3 Å². The summed E-state index contributed by atoms with van der Waals surface area (Å²) in [4.78, 5) is 24.4. The molecule has 0 atom stereocenters. The molecule has 0 unspecified atom stereocenters. The number of benzene rings is 1. The van der Waals surface area contributed by atoms with E-state index < -0.39 is 0 Å². The lowest BCUT2D eigenvalue weighted by Crippen LogP contribution is -2.11. The van der Waals surface area contributed by atoms with Crippen molar-refractivity contribution in [2.45, 2.75) is 26.2 Å². The molecular formula is C28H24N6O2. The lowest BCUT2D eigenvalue weighted by molar-refractivity contribution is -0.116. The molecular weight excluding hydrogens is 452 g/mol. The van der Waals surface area contributed by atoms with Crippen LogP contribution in [0.2, 0.25) is 0 Å². The average molecular weight is 477 g/mol. The summed E-state index contributed by atoms with van der Waals surface area (Å²) in [7, 11) is 0. The molecule has 178 valence electrons. The van der Waals surface area contributed by atoms with Crippen LogP contribution in [-0.2, 0) is 4.79 Å². The van der Waals surface area contributed by atoms with Crippen molar-refractivity contribution in [2.75, 3.05) is 5.32 Å². The fourth-order valence-electron chi connectivity index (χ4n) is 4.45. The molecule has 8 nitrogen and oxygen atoms in total. The van der Waals surface area contributed by atoms with Crippen LogP contribution in [0.25, 0.3) is 55.4 Å². The Bertz CT molecular complexity index is 1680. The van der Waals surface area contributed by atoms with Crippen LogP contribution < -0.4 is 5.32 Å². The summed E-state index contributed by atoms with van der Waals surface area (Å²) in [5.74, 6) is 0.00598. The Morgan fingerprint density at radius 3 is 2.72 bits per heavy atom. The van der Waals surface area contributed by atoms with E-state index in [4.69, 9.17) is 4.42 Å². The summed E-state index contributed by atoms with van der Waals surface area (Å²) in [5.41, 5.74) is 8.12. The van der Waals surface area contributed by atoms with E-state index in [9.17, 15) is 4.79 Å². The van der Waals surface area contributed by atoms with E-state index in [1.807, 2.05) is 36.7 Å². The molecule has 6 rings (SSSR count). The van der Waals surface area contributed by atoms with Crippen LogP contribution in [0.4, 0.5) is 5.69 Å². The minimum Gasteiger partial charge on any atom is -0.472 e. The fourth-order valence-corrected chi connectivity index (χ4v) is 4.45. The molecule has 3 N–H and O–H groups in total. The normalized spacial score (nSPS) is 11.4. The molecule has 0 bridgehead atoms. The Morgan fingerprint density at radius 2 is 1.86 bits per heavy atom. The summed E-state index contributed by atoms with van der Waals surface area (Å²) in [6, 6.07) is 12.1. The second-order valence-electron chi connectivity index (χ2n) is 8.79. The lowest BCUT2D eigenvalue weighted by Gasteiger charge is -2.07. The number of amides is 1. The Hall–Kier alpha value is -4.72. The van der Waals surface area contributed by atoms with Gasteiger partial charge in [0.05, 0.1) is 47.3 Å². The number of rotatable bonds is 7. The second-order valence-corrected chi connectivity index (χ2v) is 8.79. The van der Waals surface area contributed by atoms with Gasteiger partial charge in [-0.1, -0.05) is 19.4 Å². The van der Waals surface area contributed by atoms with Gasteiger partial charge >= 0.3 is 0 Å². The van der Waals surface area contributed by atoms with Crippen LogP contribution in [-0.4, -0.2) is 31.1 Å². The van der Waals surface area contributed by atoms with Crippen LogP contribution >= 0.6 is 0 Å². The third-order valence-corrected chi connectivity index (χ3v) is 6.31. The molecule has 8 heteroatoms. The molecule has 0 aliphatic carbocycles. The minimum atomic E-state index is 0.00598. The number of aromatic amines is 2. The van der Waals surface area contributed by atoms with Gasteiger partial charge in [-0.25, -0.2) is 0 Å². The summed E-state index contributed by atoms with van der Waals surface area (Å²) in [6.07, 6.45) is 12.9. The third kappa shape index (κ3) is 4.02. The Labute approximate surface area is 206 Å². The van der Waals surface area contributed by atoms with Crippen LogP contribution in [0.15, 0.2) is 78.1 Å². The molecule has 0 aliphatic heterocycles. The number of pyridine rings is 2. The first-order chi connectivity index (χ1) is 17.7. The van der Waals surface area contributed by atoms with E-state index in [0.29, 0.717) is 12.1 Å². The molecule has 36 heavy (non-hydrogen) atoms. The number of carbonyl (C=O) groups excluding carboxylic acids is 1. The summed E-state index contributed by atoms with van der Waals surface area (Å²) in [5, 5.41) is 12.7. The minimum absolute atomic E-state index is 0.00598. The van der Waals surface area contributed by atoms with Crippen molar-refractivity contribution in [3.8, 4) is 33.6 Å². The molecule has 0 saturated heterocycles. The molecule has 0 saturated carbocycles. The maximum absolute atomic E-state index is 12.2. The maximum Gasteiger partial charge on any atom is 0.224 e. The molecule has 6 aromatic rings. The topological polar surface area (TPSA) is 112 Å². The van der Waals surface area contributed by atoms with Gasteiger partial charge in [0.2, 0.25) is 5.91 Å². The van der Waals surface area contributed by atoms with Gasteiger partial charge in [-0.05, 0) is 42.3 Å². The molecule has 1 amide bonds. The fraction of sp³-hybridized carbons (Fsp3) is 0.143. The van der Waals surface area contributed by atoms with Crippen LogP contribution in [0, 0.1) is 0 Å². The smallest absolute Gasteiger partial charge is 0.224 e. The number of anilines is 1. The quantitative estimate of drug-likeness (QED) is 0.242. The number of aromatic nitrogens is 5. The van der Waals surface area contributed by atoms with E-state index in [2.05, 4.69) is 49.5 Å². The van der Waals surface area contributed by atoms with Crippen molar-refractivity contribution in [3.05, 3.63) is 73.7 Å². The van der Waals surface area contributed by atoms with Gasteiger partial charge in [0.1, 0.15) is 5.69 Å². The molecule has 5 aromatic heterocycles. The largest absolute Gasteiger partial charge is 0.472 e. The van der Waals surface area contributed by atoms with Crippen molar-refractivity contribution < 1.29 is 9.21 Å². The Balaban J connectivity index is 1.37. The average Bonchev–Trinajstić information content (AvgIpc) is 3.66. The zero-order valence-corrected chi connectivity index (χ0v) is 19.7. The first-order valence-electron chi connectivity index (χ1n) is 11.9.